The second kappa shape index (κ2) is 9.46. The van der Waals surface area contributed by atoms with Crippen LogP contribution in [0.4, 0.5) is 0 Å². The molecule has 1 saturated carbocycles. The second-order valence-corrected chi connectivity index (χ2v) is 9.75. The molecule has 0 spiro atoms. The van der Waals surface area contributed by atoms with Gasteiger partial charge in [-0.25, -0.2) is 20.1 Å². The minimum Gasteiger partial charge on any atom is -0.390 e. The quantitative estimate of drug-likeness (QED) is 0.485. The van der Waals surface area contributed by atoms with E-state index in [1.165, 1.54) is 17.5 Å². The number of methoxy groups -OCH3 is 1. The molecule has 1 aromatic heterocycles. The standard InChI is InChI=1S/C21H28N4O6S/c1-30-17-7-12-4-2-3-5-15(12)16(17)9-19-24-11-23-18(25-19)8-13-6-14(21(27)20(13)26)10-31-32(22,28)29/h2-5,11,13-14,16-17,20-21,26-27H,6-10H2,1H3,(H2,22,28,29)/t13-,14+,16+,17-,20-,21+/m0/s1. The lowest BCUT2D eigenvalue weighted by atomic mass is 9.95. The van der Waals surface area contributed by atoms with Crippen LogP contribution in [0.3, 0.4) is 0 Å². The van der Waals surface area contributed by atoms with Gasteiger partial charge in [-0.1, -0.05) is 24.3 Å². The molecule has 1 aromatic carbocycles. The number of aromatic nitrogens is 3. The molecular formula is C21H28N4O6S. The molecule has 0 bridgehead atoms. The van der Waals surface area contributed by atoms with Crippen molar-refractivity contribution in [3.8, 4) is 0 Å². The number of nitrogens with two attached hydrogens (primary N) is 1. The summed E-state index contributed by atoms with van der Waals surface area (Å²) in [6.07, 6.45) is 1.51. The predicted octanol–water partition coefficient (Wildman–Crippen LogP) is -0.110. The van der Waals surface area contributed by atoms with E-state index in [2.05, 4.69) is 31.3 Å². The van der Waals surface area contributed by atoms with E-state index in [-0.39, 0.29) is 24.5 Å². The lowest BCUT2D eigenvalue weighted by Crippen LogP contribution is -2.31. The first-order valence-corrected chi connectivity index (χ1v) is 12.0. The van der Waals surface area contributed by atoms with Gasteiger partial charge in [0.25, 0.3) is 0 Å². The molecule has 10 nitrogen and oxygen atoms in total. The first-order valence-electron chi connectivity index (χ1n) is 10.6. The van der Waals surface area contributed by atoms with Crippen LogP contribution in [0.2, 0.25) is 0 Å². The molecule has 2 aliphatic rings. The highest BCUT2D eigenvalue weighted by atomic mass is 32.2. The zero-order chi connectivity index (χ0) is 22.9. The maximum Gasteiger partial charge on any atom is 0.333 e. The predicted molar refractivity (Wildman–Crippen MR) is 114 cm³/mol. The number of hydrogen-bond donors (Lipinski definition) is 3. The summed E-state index contributed by atoms with van der Waals surface area (Å²) in [6.45, 7) is -0.282. The van der Waals surface area contributed by atoms with Crippen LogP contribution < -0.4 is 5.14 Å². The van der Waals surface area contributed by atoms with Gasteiger partial charge in [0.05, 0.1) is 24.9 Å². The SMILES string of the molecule is CO[C@H]1Cc2ccccc2[C@H]1Cc1ncnc(C[C@@H]2C[C@H](COS(N)(=O)=O)[C@@H](O)[C@H]2O)n1. The number of rotatable bonds is 8. The summed E-state index contributed by atoms with van der Waals surface area (Å²) in [5, 5.41) is 25.5. The third-order valence-corrected chi connectivity index (χ3v) is 6.98. The van der Waals surface area contributed by atoms with Crippen molar-refractivity contribution in [2.45, 2.75) is 49.9 Å². The summed E-state index contributed by atoms with van der Waals surface area (Å²) < 4.78 is 32.4. The molecular weight excluding hydrogens is 436 g/mol. The van der Waals surface area contributed by atoms with Gasteiger partial charge in [-0.05, 0) is 29.9 Å². The average Bonchev–Trinajstić information content (AvgIpc) is 3.24. The highest BCUT2D eigenvalue weighted by molar-refractivity contribution is 7.84. The summed E-state index contributed by atoms with van der Waals surface area (Å²) >= 11 is 0. The van der Waals surface area contributed by atoms with Crippen LogP contribution in [0, 0.1) is 11.8 Å². The molecule has 2 aliphatic carbocycles. The van der Waals surface area contributed by atoms with Crippen LogP contribution in [-0.2, 0) is 38.5 Å². The van der Waals surface area contributed by atoms with Crippen LogP contribution in [0.1, 0.15) is 35.1 Å². The third-order valence-electron chi connectivity index (χ3n) is 6.51. The van der Waals surface area contributed by atoms with Crippen molar-refractivity contribution in [2.24, 2.45) is 17.0 Å². The fraction of sp³-hybridized carbons (Fsp3) is 0.571. The van der Waals surface area contributed by atoms with Gasteiger partial charge < -0.3 is 14.9 Å². The Balaban J connectivity index is 1.43. The highest BCUT2D eigenvalue weighted by Gasteiger charge is 2.42. The number of hydrogen-bond acceptors (Lipinski definition) is 9. The van der Waals surface area contributed by atoms with Gasteiger partial charge in [0.2, 0.25) is 0 Å². The summed E-state index contributed by atoms with van der Waals surface area (Å²) in [5.41, 5.74) is 2.52. The van der Waals surface area contributed by atoms with Gasteiger partial charge >= 0.3 is 10.3 Å². The number of aliphatic hydroxyl groups is 2. The number of nitrogens with zero attached hydrogens (tertiary/aromatic N) is 3. The van der Waals surface area contributed by atoms with E-state index in [1.807, 2.05) is 12.1 Å². The molecule has 32 heavy (non-hydrogen) atoms. The Hall–Kier alpha value is -2.02. The summed E-state index contributed by atoms with van der Waals surface area (Å²) in [5.74, 6) is 0.408. The van der Waals surface area contributed by atoms with Gasteiger partial charge in [-0.3, -0.25) is 4.18 Å². The Labute approximate surface area is 187 Å². The lowest BCUT2D eigenvalue weighted by molar-refractivity contribution is -0.00345. The number of aliphatic hydroxyl groups excluding tert-OH is 2. The van der Waals surface area contributed by atoms with Crippen molar-refractivity contribution < 1.29 is 27.6 Å². The van der Waals surface area contributed by atoms with Crippen molar-refractivity contribution in [2.75, 3.05) is 13.7 Å². The van der Waals surface area contributed by atoms with Crippen molar-refractivity contribution >= 4 is 10.3 Å². The molecule has 174 valence electrons. The molecule has 1 heterocycles. The maximum absolute atomic E-state index is 11.0. The molecule has 0 radical (unpaired) electrons. The van der Waals surface area contributed by atoms with E-state index in [9.17, 15) is 18.6 Å². The molecule has 4 rings (SSSR count). The molecule has 0 unspecified atom stereocenters. The second-order valence-electron chi connectivity index (χ2n) is 8.52. The molecule has 6 atom stereocenters. The first-order chi connectivity index (χ1) is 15.2. The largest absolute Gasteiger partial charge is 0.390 e. The van der Waals surface area contributed by atoms with E-state index in [0.717, 1.165) is 6.42 Å². The highest BCUT2D eigenvalue weighted by Crippen LogP contribution is 2.37. The van der Waals surface area contributed by atoms with Crippen molar-refractivity contribution in [1.82, 2.24) is 15.0 Å². The monoisotopic (exact) mass is 464 g/mol. The first kappa shape index (κ1) is 23.1. The molecule has 1 fully saturated rings. The fourth-order valence-corrected chi connectivity index (χ4v) is 5.27. The van der Waals surface area contributed by atoms with E-state index in [1.54, 1.807) is 7.11 Å². The van der Waals surface area contributed by atoms with Crippen LogP contribution in [0.15, 0.2) is 30.6 Å². The van der Waals surface area contributed by atoms with Crippen molar-refractivity contribution in [3.05, 3.63) is 53.4 Å². The van der Waals surface area contributed by atoms with Crippen LogP contribution in [-0.4, -0.2) is 65.6 Å². The van der Waals surface area contributed by atoms with E-state index >= 15 is 0 Å². The van der Waals surface area contributed by atoms with Crippen LogP contribution in [0.5, 0.6) is 0 Å². The number of benzene rings is 1. The van der Waals surface area contributed by atoms with E-state index in [0.29, 0.717) is 30.9 Å². The molecule has 11 heteroatoms. The maximum atomic E-state index is 11.0. The van der Waals surface area contributed by atoms with Crippen LogP contribution in [0.25, 0.3) is 0 Å². The minimum atomic E-state index is -4.11. The topological polar surface area (TPSA) is 158 Å². The minimum absolute atomic E-state index is 0.0546. The Bertz CT molecular complexity index is 1050. The van der Waals surface area contributed by atoms with Crippen molar-refractivity contribution in [3.63, 3.8) is 0 Å². The van der Waals surface area contributed by atoms with E-state index in [4.69, 9.17) is 9.88 Å². The average molecular weight is 465 g/mol. The summed E-state index contributed by atoms with van der Waals surface area (Å²) in [7, 11) is -2.40. The molecule has 4 N–H and O–H groups in total. The van der Waals surface area contributed by atoms with Gasteiger partial charge in [-0.2, -0.15) is 8.42 Å². The Morgan fingerprint density at radius 2 is 1.78 bits per heavy atom. The van der Waals surface area contributed by atoms with Gasteiger partial charge in [0.1, 0.15) is 18.0 Å². The summed E-state index contributed by atoms with van der Waals surface area (Å²) in [4.78, 5) is 13.2. The smallest absolute Gasteiger partial charge is 0.333 e. The molecule has 2 aromatic rings. The fourth-order valence-electron chi connectivity index (χ4n) is 4.91. The van der Waals surface area contributed by atoms with Gasteiger partial charge in [0, 0.05) is 31.8 Å². The van der Waals surface area contributed by atoms with E-state index < -0.39 is 28.4 Å². The molecule has 0 saturated heterocycles. The third kappa shape index (κ3) is 5.13. The van der Waals surface area contributed by atoms with Crippen LogP contribution >= 0.6 is 0 Å². The van der Waals surface area contributed by atoms with Gasteiger partial charge in [-0.15, -0.1) is 0 Å². The Morgan fingerprint density at radius 3 is 2.50 bits per heavy atom. The zero-order valence-corrected chi connectivity index (χ0v) is 18.6. The Kier molecular flexibility index (Phi) is 6.84. The lowest BCUT2D eigenvalue weighted by Gasteiger charge is -2.19. The normalized spacial score (nSPS) is 29.9. The zero-order valence-electron chi connectivity index (χ0n) is 17.7. The number of ether oxygens (including phenoxy) is 1. The van der Waals surface area contributed by atoms with Crippen molar-refractivity contribution in [1.29, 1.82) is 0 Å². The molecule has 0 amide bonds. The van der Waals surface area contributed by atoms with Gasteiger partial charge in [0.15, 0.2) is 0 Å². The number of fused-ring (bicyclic) bond motifs is 1. The molecule has 0 aliphatic heterocycles. The Morgan fingerprint density at radius 1 is 1.09 bits per heavy atom. The summed E-state index contributed by atoms with van der Waals surface area (Å²) in [6, 6.07) is 8.27.